The molecule has 170 valence electrons. The molecule has 0 atom stereocenters. The van der Waals surface area contributed by atoms with Gasteiger partial charge in [-0.2, -0.15) is 0 Å². The van der Waals surface area contributed by atoms with Gasteiger partial charge < -0.3 is 5.11 Å². The largest absolute Gasteiger partial charge is 0.478 e. The Morgan fingerprint density at radius 2 is 1.25 bits per heavy atom. The van der Waals surface area contributed by atoms with Crippen LogP contribution in [-0.2, 0) is 0 Å². The van der Waals surface area contributed by atoms with Crippen LogP contribution in [0, 0.1) is 0 Å². The molecule has 0 bridgehead atoms. The van der Waals surface area contributed by atoms with E-state index >= 15 is 0 Å². The van der Waals surface area contributed by atoms with Crippen LogP contribution in [0.4, 0.5) is 0 Å². The van der Waals surface area contributed by atoms with Gasteiger partial charge in [0.15, 0.2) is 0 Å². The SMILES string of the molecule is O=C(O)c1ccc(-n2c(-c3ccc4ccccc4c3)nc3c4ccccc4c4ccccc4c32)cc1. The number of fused-ring (bicyclic) bond motifs is 7. The van der Waals surface area contributed by atoms with E-state index in [1.54, 1.807) is 12.1 Å². The Balaban J connectivity index is 1.65. The Morgan fingerprint density at radius 1 is 0.639 bits per heavy atom. The van der Waals surface area contributed by atoms with Gasteiger partial charge in [-0.25, -0.2) is 9.78 Å². The van der Waals surface area contributed by atoms with Crippen LogP contribution in [0.15, 0.2) is 115 Å². The highest BCUT2D eigenvalue weighted by Crippen LogP contribution is 2.39. The van der Waals surface area contributed by atoms with Gasteiger partial charge in [-0.15, -0.1) is 0 Å². The topological polar surface area (TPSA) is 55.1 Å². The van der Waals surface area contributed by atoms with Gasteiger partial charge in [-0.05, 0) is 51.9 Å². The number of aromatic nitrogens is 2. The summed E-state index contributed by atoms with van der Waals surface area (Å²) in [6.07, 6.45) is 0. The maximum absolute atomic E-state index is 11.5. The van der Waals surface area contributed by atoms with Gasteiger partial charge in [0.2, 0.25) is 0 Å². The van der Waals surface area contributed by atoms with E-state index in [0.717, 1.165) is 55.0 Å². The normalized spacial score (nSPS) is 11.6. The van der Waals surface area contributed by atoms with Crippen molar-refractivity contribution in [2.75, 3.05) is 0 Å². The zero-order valence-electron chi connectivity index (χ0n) is 19.2. The molecule has 1 heterocycles. The summed E-state index contributed by atoms with van der Waals surface area (Å²) in [6, 6.07) is 38.5. The smallest absolute Gasteiger partial charge is 0.335 e. The molecule has 7 rings (SSSR count). The molecular formula is C32H20N2O2. The minimum atomic E-state index is -0.941. The summed E-state index contributed by atoms with van der Waals surface area (Å²) in [4.78, 5) is 16.8. The highest BCUT2D eigenvalue weighted by Gasteiger charge is 2.20. The van der Waals surface area contributed by atoms with E-state index in [1.807, 2.05) is 30.3 Å². The monoisotopic (exact) mass is 464 g/mol. The second-order valence-electron chi connectivity index (χ2n) is 8.97. The van der Waals surface area contributed by atoms with Crippen molar-refractivity contribution in [1.29, 1.82) is 0 Å². The molecule has 0 aliphatic heterocycles. The highest BCUT2D eigenvalue weighted by atomic mass is 16.4. The van der Waals surface area contributed by atoms with Crippen molar-refractivity contribution in [3.63, 3.8) is 0 Å². The van der Waals surface area contributed by atoms with Gasteiger partial charge in [-0.1, -0.05) is 84.9 Å². The fourth-order valence-electron chi connectivity index (χ4n) is 5.23. The fourth-order valence-corrected chi connectivity index (χ4v) is 5.23. The molecule has 0 saturated heterocycles. The van der Waals surface area contributed by atoms with Crippen LogP contribution in [-0.4, -0.2) is 20.6 Å². The summed E-state index contributed by atoms with van der Waals surface area (Å²) >= 11 is 0. The predicted molar refractivity (Wildman–Crippen MR) is 146 cm³/mol. The van der Waals surface area contributed by atoms with Crippen LogP contribution in [0.5, 0.6) is 0 Å². The molecule has 0 saturated carbocycles. The second-order valence-corrected chi connectivity index (χ2v) is 8.97. The lowest BCUT2D eigenvalue weighted by atomic mass is 10.00. The van der Waals surface area contributed by atoms with Crippen molar-refractivity contribution in [2.45, 2.75) is 0 Å². The van der Waals surface area contributed by atoms with Crippen LogP contribution in [0.1, 0.15) is 10.4 Å². The van der Waals surface area contributed by atoms with E-state index in [-0.39, 0.29) is 5.56 Å². The first kappa shape index (κ1) is 20.4. The molecule has 4 nitrogen and oxygen atoms in total. The van der Waals surface area contributed by atoms with Gasteiger partial charge >= 0.3 is 5.97 Å². The molecule has 0 aliphatic carbocycles. The first-order chi connectivity index (χ1) is 17.7. The lowest BCUT2D eigenvalue weighted by Gasteiger charge is -2.13. The number of aromatic carboxylic acids is 1. The quantitative estimate of drug-likeness (QED) is 0.271. The Morgan fingerprint density at radius 3 is 1.97 bits per heavy atom. The molecule has 0 spiro atoms. The third kappa shape index (κ3) is 3.01. The van der Waals surface area contributed by atoms with Gasteiger partial charge in [0.1, 0.15) is 5.82 Å². The van der Waals surface area contributed by atoms with E-state index in [4.69, 9.17) is 4.98 Å². The predicted octanol–water partition coefficient (Wildman–Crippen LogP) is 7.85. The number of carboxylic acid groups (broad SMARTS) is 1. The maximum Gasteiger partial charge on any atom is 0.335 e. The van der Waals surface area contributed by atoms with E-state index in [0.29, 0.717) is 0 Å². The fraction of sp³-hybridized carbons (Fsp3) is 0. The standard InChI is InChI=1S/C32H20N2O2/c35-32(36)21-15-17-24(18-16-21)34-30-28-12-6-4-10-26(28)25-9-3-5-11-27(25)29(30)33-31(34)23-14-13-20-7-1-2-8-22(20)19-23/h1-19H,(H,35,36). The molecule has 6 aromatic carbocycles. The molecular weight excluding hydrogens is 444 g/mol. The molecule has 0 radical (unpaired) electrons. The van der Waals surface area contributed by atoms with Crippen molar-refractivity contribution in [3.05, 3.63) is 121 Å². The summed E-state index contributed by atoms with van der Waals surface area (Å²) in [7, 11) is 0. The number of benzene rings is 6. The van der Waals surface area contributed by atoms with Crippen LogP contribution in [0.2, 0.25) is 0 Å². The Labute approximate surface area is 206 Å². The molecule has 1 aromatic heterocycles. The van der Waals surface area contributed by atoms with Crippen molar-refractivity contribution in [3.8, 4) is 17.1 Å². The zero-order chi connectivity index (χ0) is 24.2. The maximum atomic E-state index is 11.5. The average molecular weight is 465 g/mol. The van der Waals surface area contributed by atoms with Crippen molar-refractivity contribution >= 4 is 49.3 Å². The Bertz CT molecular complexity index is 1970. The number of hydrogen-bond donors (Lipinski definition) is 1. The first-order valence-electron chi connectivity index (χ1n) is 11.8. The van der Waals surface area contributed by atoms with Gasteiger partial charge in [0.05, 0.1) is 16.6 Å². The number of carboxylic acids is 1. The van der Waals surface area contributed by atoms with Crippen molar-refractivity contribution < 1.29 is 9.90 Å². The number of nitrogens with zero attached hydrogens (tertiary/aromatic N) is 2. The number of imidazole rings is 1. The van der Waals surface area contributed by atoms with E-state index in [9.17, 15) is 9.90 Å². The molecule has 0 aliphatic rings. The highest BCUT2D eigenvalue weighted by molar-refractivity contribution is 6.24. The van der Waals surface area contributed by atoms with Crippen molar-refractivity contribution in [2.24, 2.45) is 0 Å². The molecule has 0 unspecified atom stereocenters. The van der Waals surface area contributed by atoms with Crippen molar-refractivity contribution in [1.82, 2.24) is 9.55 Å². The summed E-state index contributed by atoms with van der Waals surface area (Å²) in [5, 5.41) is 16.3. The minimum Gasteiger partial charge on any atom is -0.478 e. The summed E-state index contributed by atoms with van der Waals surface area (Å²) in [6.45, 7) is 0. The van der Waals surface area contributed by atoms with Crippen LogP contribution in [0.25, 0.3) is 60.4 Å². The van der Waals surface area contributed by atoms with Gasteiger partial charge in [0.25, 0.3) is 0 Å². The molecule has 1 N–H and O–H groups in total. The third-order valence-electron chi connectivity index (χ3n) is 6.91. The Hall–Kier alpha value is -4.96. The number of carbonyl (C=O) groups is 1. The number of hydrogen-bond acceptors (Lipinski definition) is 2. The van der Waals surface area contributed by atoms with E-state index < -0.39 is 5.97 Å². The summed E-state index contributed by atoms with van der Waals surface area (Å²) in [5.74, 6) is -0.122. The van der Waals surface area contributed by atoms with E-state index in [1.165, 1.54) is 5.39 Å². The number of rotatable bonds is 3. The van der Waals surface area contributed by atoms with Gasteiger partial charge in [0, 0.05) is 22.0 Å². The molecule has 0 amide bonds. The minimum absolute atomic E-state index is 0.255. The average Bonchev–Trinajstić information content (AvgIpc) is 3.34. The summed E-state index contributed by atoms with van der Waals surface area (Å²) < 4.78 is 2.17. The van der Waals surface area contributed by atoms with E-state index in [2.05, 4.69) is 77.4 Å². The van der Waals surface area contributed by atoms with Gasteiger partial charge in [-0.3, -0.25) is 4.57 Å². The van der Waals surface area contributed by atoms with Crippen LogP contribution >= 0.6 is 0 Å². The molecule has 7 aromatic rings. The third-order valence-corrected chi connectivity index (χ3v) is 6.91. The molecule has 4 heteroatoms. The molecule has 0 fully saturated rings. The lowest BCUT2D eigenvalue weighted by Crippen LogP contribution is -2.00. The second kappa shape index (κ2) is 7.79. The zero-order valence-corrected chi connectivity index (χ0v) is 19.2. The lowest BCUT2D eigenvalue weighted by molar-refractivity contribution is 0.0697. The van der Waals surface area contributed by atoms with Crippen LogP contribution in [0.3, 0.4) is 0 Å². The first-order valence-corrected chi connectivity index (χ1v) is 11.8. The molecule has 36 heavy (non-hydrogen) atoms. The van der Waals surface area contributed by atoms with Crippen LogP contribution < -0.4 is 0 Å². The summed E-state index contributed by atoms with van der Waals surface area (Å²) in [5.41, 5.74) is 4.06. The Kier molecular flexibility index (Phi) is 4.42.